The predicted molar refractivity (Wildman–Crippen MR) is 88.3 cm³/mol. The third-order valence-electron chi connectivity index (χ3n) is 3.57. The first-order chi connectivity index (χ1) is 11.2. The van der Waals surface area contributed by atoms with E-state index in [0.29, 0.717) is 0 Å². The van der Waals surface area contributed by atoms with E-state index >= 15 is 0 Å². The number of rotatable bonds is 4. The van der Waals surface area contributed by atoms with E-state index in [9.17, 15) is 10.1 Å². The molecule has 0 fully saturated rings. The van der Waals surface area contributed by atoms with Gasteiger partial charge >= 0.3 is 0 Å². The van der Waals surface area contributed by atoms with Crippen molar-refractivity contribution >= 4 is 5.69 Å². The summed E-state index contributed by atoms with van der Waals surface area (Å²) in [5, 5.41) is 11.1. The van der Waals surface area contributed by atoms with Gasteiger partial charge in [-0.1, -0.05) is 18.2 Å². The van der Waals surface area contributed by atoms with Crippen molar-refractivity contribution in [3.8, 4) is 28.0 Å². The molecule has 1 aromatic heterocycles. The van der Waals surface area contributed by atoms with Crippen LogP contribution in [0.1, 0.15) is 0 Å². The standard InChI is InChI=1S/C18H14N2O3/c1-23-16-6-2-4-13(10-16)17-8-7-15(20(21)22)11-18(17)14-5-3-9-19-12-14/h2-12H,1H3. The van der Waals surface area contributed by atoms with Gasteiger partial charge < -0.3 is 4.74 Å². The topological polar surface area (TPSA) is 65.3 Å². The van der Waals surface area contributed by atoms with E-state index in [0.717, 1.165) is 28.0 Å². The van der Waals surface area contributed by atoms with Gasteiger partial charge in [0, 0.05) is 30.1 Å². The Labute approximate surface area is 133 Å². The summed E-state index contributed by atoms with van der Waals surface area (Å²) < 4.78 is 5.26. The van der Waals surface area contributed by atoms with Gasteiger partial charge in [0.2, 0.25) is 0 Å². The van der Waals surface area contributed by atoms with Crippen LogP contribution in [-0.4, -0.2) is 17.0 Å². The number of hydrogen-bond acceptors (Lipinski definition) is 4. The molecule has 5 heteroatoms. The maximum Gasteiger partial charge on any atom is 0.270 e. The summed E-state index contributed by atoms with van der Waals surface area (Å²) in [6, 6.07) is 16.1. The highest BCUT2D eigenvalue weighted by Crippen LogP contribution is 2.35. The van der Waals surface area contributed by atoms with Crippen LogP contribution in [0.2, 0.25) is 0 Å². The van der Waals surface area contributed by atoms with Gasteiger partial charge in [0.15, 0.2) is 0 Å². The molecule has 0 aliphatic heterocycles. The Hall–Kier alpha value is -3.21. The van der Waals surface area contributed by atoms with E-state index in [4.69, 9.17) is 4.74 Å². The highest BCUT2D eigenvalue weighted by molar-refractivity contribution is 5.85. The lowest BCUT2D eigenvalue weighted by Crippen LogP contribution is -1.92. The average molecular weight is 306 g/mol. The van der Waals surface area contributed by atoms with Gasteiger partial charge in [0.25, 0.3) is 5.69 Å². The fourth-order valence-electron chi connectivity index (χ4n) is 2.45. The zero-order valence-corrected chi connectivity index (χ0v) is 12.5. The minimum absolute atomic E-state index is 0.0514. The average Bonchev–Trinajstić information content (AvgIpc) is 2.62. The van der Waals surface area contributed by atoms with E-state index in [1.54, 1.807) is 31.6 Å². The number of nitro groups is 1. The molecule has 0 atom stereocenters. The second kappa shape index (κ2) is 6.27. The van der Waals surface area contributed by atoms with Crippen molar-refractivity contribution in [2.24, 2.45) is 0 Å². The monoisotopic (exact) mass is 306 g/mol. The van der Waals surface area contributed by atoms with E-state index in [1.807, 2.05) is 36.4 Å². The van der Waals surface area contributed by atoms with Gasteiger partial charge in [-0.05, 0) is 41.0 Å². The van der Waals surface area contributed by atoms with Gasteiger partial charge in [-0.15, -0.1) is 0 Å². The number of nitrogens with zero attached hydrogens (tertiary/aromatic N) is 2. The Balaban J connectivity index is 2.21. The predicted octanol–water partition coefficient (Wildman–Crippen LogP) is 4.33. The number of benzene rings is 2. The first kappa shape index (κ1) is 14.7. The molecule has 0 radical (unpaired) electrons. The largest absolute Gasteiger partial charge is 0.497 e. The molecule has 3 rings (SSSR count). The second-order valence-electron chi connectivity index (χ2n) is 4.96. The minimum Gasteiger partial charge on any atom is -0.497 e. The highest BCUT2D eigenvalue weighted by atomic mass is 16.6. The highest BCUT2D eigenvalue weighted by Gasteiger charge is 2.14. The molecule has 114 valence electrons. The lowest BCUT2D eigenvalue weighted by atomic mass is 9.95. The summed E-state index contributed by atoms with van der Waals surface area (Å²) in [7, 11) is 1.61. The van der Waals surface area contributed by atoms with E-state index in [1.165, 1.54) is 6.07 Å². The fraction of sp³-hybridized carbons (Fsp3) is 0.0556. The number of hydrogen-bond donors (Lipinski definition) is 0. The molecule has 2 aromatic carbocycles. The Morgan fingerprint density at radius 2 is 1.83 bits per heavy atom. The first-order valence-corrected chi connectivity index (χ1v) is 7.02. The SMILES string of the molecule is COc1cccc(-c2ccc([N+](=O)[O-])cc2-c2cccnc2)c1. The van der Waals surface area contributed by atoms with Crippen molar-refractivity contribution in [1.29, 1.82) is 0 Å². The Morgan fingerprint density at radius 3 is 2.52 bits per heavy atom. The van der Waals surface area contributed by atoms with Gasteiger partial charge in [0.1, 0.15) is 5.75 Å². The third kappa shape index (κ3) is 3.03. The molecule has 23 heavy (non-hydrogen) atoms. The molecule has 0 saturated heterocycles. The van der Waals surface area contributed by atoms with Crippen LogP contribution in [0, 0.1) is 10.1 Å². The summed E-state index contributed by atoms with van der Waals surface area (Å²) >= 11 is 0. The second-order valence-corrected chi connectivity index (χ2v) is 4.96. The van der Waals surface area contributed by atoms with Crippen molar-refractivity contribution < 1.29 is 9.66 Å². The number of methoxy groups -OCH3 is 1. The van der Waals surface area contributed by atoms with Gasteiger partial charge in [-0.25, -0.2) is 0 Å². The summed E-state index contributed by atoms with van der Waals surface area (Å²) in [6.45, 7) is 0. The number of nitro benzene ring substituents is 1. The lowest BCUT2D eigenvalue weighted by molar-refractivity contribution is -0.384. The lowest BCUT2D eigenvalue weighted by Gasteiger charge is -2.11. The van der Waals surface area contributed by atoms with Gasteiger partial charge in [-0.3, -0.25) is 15.1 Å². The summed E-state index contributed by atoms with van der Waals surface area (Å²) in [5.74, 6) is 0.734. The minimum atomic E-state index is -0.394. The Morgan fingerprint density at radius 1 is 1.00 bits per heavy atom. The van der Waals surface area contributed by atoms with Crippen molar-refractivity contribution in [2.75, 3.05) is 7.11 Å². The van der Waals surface area contributed by atoms with E-state index in [-0.39, 0.29) is 5.69 Å². The summed E-state index contributed by atoms with van der Waals surface area (Å²) in [4.78, 5) is 14.8. The zero-order valence-electron chi connectivity index (χ0n) is 12.5. The zero-order chi connectivity index (χ0) is 16.2. The first-order valence-electron chi connectivity index (χ1n) is 7.02. The van der Waals surface area contributed by atoms with Gasteiger partial charge in [-0.2, -0.15) is 0 Å². The molecule has 1 heterocycles. The van der Waals surface area contributed by atoms with E-state index < -0.39 is 4.92 Å². The van der Waals surface area contributed by atoms with Crippen LogP contribution in [0.25, 0.3) is 22.3 Å². The van der Waals surface area contributed by atoms with E-state index in [2.05, 4.69) is 4.98 Å². The Kier molecular flexibility index (Phi) is 4.01. The van der Waals surface area contributed by atoms with Crippen molar-refractivity contribution in [2.45, 2.75) is 0 Å². The molecule has 0 aliphatic carbocycles. The molecule has 3 aromatic rings. The van der Waals surface area contributed by atoms with Crippen molar-refractivity contribution in [3.05, 3.63) is 77.1 Å². The van der Waals surface area contributed by atoms with Crippen LogP contribution in [0.4, 0.5) is 5.69 Å². The molecule has 0 spiro atoms. The van der Waals surface area contributed by atoms with Crippen LogP contribution in [0.3, 0.4) is 0 Å². The van der Waals surface area contributed by atoms with Crippen LogP contribution < -0.4 is 4.74 Å². The molecule has 0 bridgehead atoms. The summed E-state index contributed by atoms with van der Waals surface area (Å²) in [5.41, 5.74) is 3.46. The van der Waals surface area contributed by atoms with Crippen LogP contribution in [0.15, 0.2) is 67.0 Å². The van der Waals surface area contributed by atoms with Crippen molar-refractivity contribution in [3.63, 3.8) is 0 Å². The number of pyridine rings is 1. The molecule has 0 amide bonds. The molecule has 5 nitrogen and oxygen atoms in total. The molecule has 0 N–H and O–H groups in total. The van der Waals surface area contributed by atoms with Crippen LogP contribution in [0.5, 0.6) is 5.75 Å². The van der Waals surface area contributed by atoms with Crippen LogP contribution in [-0.2, 0) is 0 Å². The fourth-order valence-corrected chi connectivity index (χ4v) is 2.45. The molecule has 0 aliphatic rings. The van der Waals surface area contributed by atoms with Crippen molar-refractivity contribution in [1.82, 2.24) is 4.98 Å². The molecule has 0 unspecified atom stereocenters. The molecular weight excluding hydrogens is 292 g/mol. The van der Waals surface area contributed by atoms with Gasteiger partial charge in [0.05, 0.1) is 12.0 Å². The van der Waals surface area contributed by atoms with Crippen LogP contribution >= 0.6 is 0 Å². The maximum atomic E-state index is 11.1. The smallest absolute Gasteiger partial charge is 0.270 e. The number of non-ortho nitro benzene ring substituents is 1. The Bertz CT molecular complexity index is 848. The quantitative estimate of drug-likeness (QED) is 0.531. The molecular formula is C18H14N2O3. The number of aromatic nitrogens is 1. The number of ether oxygens (including phenoxy) is 1. The third-order valence-corrected chi connectivity index (χ3v) is 3.57. The normalized spacial score (nSPS) is 10.3. The molecule has 0 saturated carbocycles. The maximum absolute atomic E-state index is 11.1. The summed E-state index contributed by atoms with van der Waals surface area (Å²) in [6.07, 6.45) is 3.37.